The summed E-state index contributed by atoms with van der Waals surface area (Å²) >= 11 is 0. The second-order valence-electron chi connectivity index (χ2n) is 9.45. The molecule has 3 aliphatic rings. The first-order valence-electron chi connectivity index (χ1n) is 11.4. The van der Waals surface area contributed by atoms with E-state index in [0.717, 1.165) is 19.3 Å². The standard InChI is InChI=1S/C21H36F3N5O/c1-12(2)11-25-21(27-20(30)14-5-8-16(23)17(24)9-14)26-19-10-18(28-29-19)13-3-6-15(22)7-4-13/h12-19,28-29H,3-11H2,1-2H3,(H2,25,26,27,30). The van der Waals surface area contributed by atoms with Crippen LogP contribution in [0.2, 0.25) is 0 Å². The van der Waals surface area contributed by atoms with E-state index in [1.807, 2.05) is 13.8 Å². The molecule has 6 nitrogen and oxygen atoms in total. The Morgan fingerprint density at radius 2 is 1.73 bits per heavy atom. The van der Waals surface area contributed by atoms with Gasteiger partial charge in [0.05, 0.1) is 6.17 Å². The Bertz CT molecular complexity index is 597. The van der Waals surface area contributed by atoms with E-state index in [2.05, 4.69) is 26.5 Å². The summed E-state index contributed by atoms with van der Waals surface area (Å²) in [5.74, 6) is 0.243. The van der Waals surface area contributed by atoms with Crippen LogP contribution in [0.5, 0.6) is 0 Å². The van der Waals surface area contributed by atoms with E-state index in [-0.39, 0.29) is 31.0 Å². The first kappa shape index (κ1) is 23.3. The molecule has 5 unspecified atom stereocenters. The van der Waals surface area contributed by atoms with Gasteiger partial charge in [0.25, 0.3) is 0 Å². The van der Waals surface area contributed by atoms with Gasteiger partial charge < -0.3 is 5.32 Å². The van der Waals surface area contributed by atoms with Crippen molar-refractivity contribution in [1.82, 2.24) is 21.5 Å². The average molecular weight is 432 g/mol. The zero-order valence-electron chi connectivity index (χ0n) is 18.0. The molecular formula is C21H36F3N5O. The van der Waals surface area contributed by atoms with Gasteiger partial charge in [0, 0.05) is 18.5 Å². The van der Waals surface area contributed by atoms with Gasteiger partial charge in [-0.15, -0.1) is 0 Å². The molecule has 1 aliphatic heterocycles. The van der Waals surface area contributed by atoms with E-state index in [1.165, 1.54) is 0 Å². The summed E-state index contributed by atoms with van der Waals surface area (Å²) in [7, 11) is 0. The molecule has 0 aromatic carbocycles. The number of hydrazine groups is 1. The molecule has 2 aliphatic carbocycles. The van der Waals surface area contributed by atoms with Crippen molar-refractivity contribution in [3.8, 4) is 0 Å². The van der Waals surface area contributed by atoms with E-state index < -0.39 is 24.4 Å². The first-order chi connectivity index (χ1) is 14.3. The molecule has 172 valence electrons. The van der Waals surface area contributed by atoms with Crippen LogP contribution >= 0.6 is 0 Å². The quantitative estimate of drug-likeness (QED) is 0.399. The smallest absolute Gasteiger partial charge is 0.229 e. The SMILES string of the molecule is CC(C)CN=C(NC(=O)C1CCC(F)C(F)C1)NC1CC(C2CCC(F)CC2)NN1. The van der Waals surface area contributed by atoms with Gasteiger partial charge in [-0.3, -0.25) is 20.5 Å². The number of alkyl halides is 3. The third kappa shape index (κ3) is 6.57. The molecule has 3 fully saturated rings. The maximum atomic E-state index is 13.7. The summed E-state index contributed by atoms with van der Waals surface area (Å²) in [5, 5.41) is 6.04. The number of carbonyl (C=O) groups is 1. The van der Waals surface area contributed by atoms with Crippen LogP contribution in [0.15, 0.2) is 4.99 Å². The highest BCUT2D eigenvalue weighted by Gasteiger charge is 2.36. The number of halogens is 3. The summed E-state index contributed by atoms with van der Waals surface area (Å²) < 4.78 is 40.5. The van der Waals surface area contributed by atoms with Gasteiger partial charge >= 0.3 is 0 Å². The molecular weight excluding hydrogens is 395 g/mol. The molecule has 0 bridgehead atoms. The molecule has 9 heteroatoms. The van der Waals surface area contributed by atoms with Crippen LogP contribution in [0.3, 0.4) is 0 Å². The minimum Gasteiger partial charge on any atom is -0.339 e. The highest BCUT2D eigenvalue weighted by atomic mass is 19.2. The Morgan fingerprint density at radius 3 is 2.40 bits per heavy atom. The van der Waals surface area contributed by atoms with Crippen LogP contribution < -0.4 is 21.5 Å². The number of nitrogens with zero attached hydrogens (tertiary/aromatic N) is 1. The normalized spacial score (nSPS) is 37.9. The zero-order valence-corrected chi connectivity index (χ0v) is 18.0. The molecule has 30 heavy (non-hydrogen) atoms. The maximum Gasteiger partial charge on any atom is 0.229 e. The van der Waals surface area contributed by atoms with Crippen molar-refractivity contribution in [2.45, 2.75) is 95.9 Å². The van der Waals surface area contributed by atoms with Crippen LogP contribution in [0, 0.1) is 17.8 Å². The number of carbonyl (C=O) groups excluding carboxylic acids is 1. The third-order valence-corrected chi connectivity index (χ3v) is 6.43. The van der Waals surface area contributed by atoms with Gasteiger partial charge in [-0.05, 0) is 63.2 Å². The van der Waals surface area contributed by atoms with Crippen molar-refractivity contribution in [3.05, 3.63) is 0 Å². The molecule has 3 rings (SSSR count). The molecule has 1 heterocycles. The van der Waals surface area contributed by atoms with Crippen molar-refractivity contribution < 1.29 is 18.0 Å². The van der Waals surface area contributed by atoms with Crippen LogP contribution in [-0.4, -0.2) is 49.1 Å². The molecule has 1 amide bonds. The fraction of sp³-hybridized carbons (Fsp3) is 0.905. The number of amides is 1. The lowest BCUT2D eigenvalue weighted by atomic mass is 9.82. The summed E-state index contributed by atoms with van der Waals surface area (Å²) in [6, 6.07) is 0.240. The Morgan fingerprint density at radius 1 is 1.00 bits per heavy atom. The maximum absolute atomic E-state index is 13.7. The van der Waals surface area contributed by atoms with Crippen LogP contribution in [-0.2, 0) is 4.79 Å². The topological polar surface area (TPSA) is 77.5 Å². The summed E-state index contributed by atoms with van der Waals surface area (Å²) in [6.45, 7) is 4.60. The highest BCUT2D eigenvalue weighted by Crippen LogP contribution is 2.31. The number of hydrogen-bond donors (Lipinski definition) is 4. The van der Waals surface area contributed by atoms with Crippen molar-refractivity contribution >= 4 is 11.9 Å². The Kier molecular flexibility index (Phi) is 8.39. The van der Waals surface area contributed by atoms with Crippen LogP contribution in [0.25, 0.3) is 0 Å². The average Bonchev–Trinajstić information content (AvgIpc) is 3.17. The molecule has 5 atom stereocenters. The van der Waals surface area contributed by atoms with E-state index >= 15 is 0 Å². The number of hydrogen-bond acceptors (Lipinski definition) is 4. The Balaban J connectivity index is 1.54. The second-order valence-corrected chi connectivity index (χ2v) is 9.45. The lowest BCUT2D eigenvalue weighted by molar-refractivity contribution is -0.125. The van der Waals surface area contributed by atoms with Crippen molar-refractivity contribution in [2.75, 3.05) is 6.54 Å². The predicted molar refractivity (Wildman–Crippen MR) is 111 cm³/mol. The minimum atomic E-state index is -1.58. The molecule has 1 saturated heterocycles. The van der Waals surface area contributed by atoms with E-state index in [0.29, 0.717) is 43.6 Å². The number of rotatable bonds is 5. The Hall–Kier alpha value is -1.35. The summed E-state index contributed by atoms with van der Waals surface area (Å²) in [4.78, 5) is 17.1. The molecule has 0 spiro atoms. The lowest BCUT2D eigenvalue weighted by Gasteiger charge is -2.28. The highest BCUT2D eigenvalue weighted by molar-refractivity contribution is 5.98. The van der Waals surface area contributed by atoms with Gasteiger partial charge in [-0.1, -0.05) is 13.8 Å². The lowest BCUT2D eigenvalue weighted by Crippen LogP contribution is -2.52. The fourth-order valence-corrected chi connectivity index (χ4v) is 4.56. The largest absolute Gasteiger partial charge is 0.339 e. The van der Waals surface area contributed by atoms with Crippen molar-refractivity contribution in [3.63, 3.8) is 0 Å². The van der Waals surface area contributed by atoms with Gasteiger partial charge in [0.1, 0.15) is 18.5 Å². The third-order valence-electron chi connectivity index (χ3n) is 6.43. The molecule has 0 aromatic rings. The van der Waals surface area contributed by atoms with Gasteiger partial charge in [-0.2, -0.15) is 0 Å². The fourth-order valence-electron chi connectivity index (χ4n) is 4.56. The van der Waals surface area contributed by atoms with Crippen molar-refractivity contribution in [1.29, 1.82) is 0 Å². The minimum absolute atomic E-state index is 0.0715. The Labute approximate surface area is 177 Å². The predicted octanol–water partition coefficient (Wildman–Crippen LogP) is 2.90. The molecule has 2 saturated carbocycles. The monoisotopic (exact) mass is 431 g/mol. The van der Waals surface area contributed by atoms with E-state index in [1.54, 1.807) is 0 Å². The van der Waals surface area contributed by atoms with E-state index in [4.69, 9.17) is 0 Å². The second kappa shape index (κ2) is 10.8. The van der Waals surface area contributed by atoms with Crippen LogP contribution in [0.1, 0.15) is 65.2 Å². The van der Waals surface area contributed by atoms with Crippen molar-refractivity contribution in [2.24, 2.45) is 22.7 Å². The molecule has 0 aromatic heterocycles. The summed E-state index contributed by atoms with van der Waals surface area (Å²) in [5.41, 5.74) is 6.50. The zero-order chi connectivity index (χ0) is 21.7. The number of nitrogens with one attached hydrogen (secondary N) is 4. The number of aliphatic imine (C=N–C) groups is 1. The molecule has 4 N–H and O–H groups in total. The van der Waals surface area contributed by atoms with Gasteiger partial charge in [0.15, 0.2) is 5.96 Å². The van der Waals surface area contributed by atoms with Crippen LogP contribution in [0.4, 0.5) is 13.2 Å². The number of guanidine groups is 1. The summed E-state index contributed by atoms with van der Waals surface area (Å²) in [6.07, 6.45) is 0.244. The van der Waals surface area contributed by atoms with Gasteiger partial charge in [-0.25, -0.2) is 18.6 Å². The van der Waals surface area contributed by atoms with Gasteiger partial charge in [0.2, 0.25) is 5.91 Å². The van der Waals surface area contributed by atoms with E-state index in [9.17, 15) is 18.0 Å². The first-order valence-corrected chi connectivity index (χ1v) is 11.4. The molecule has 0 radical (unpaired) electrons.